The molecule has 1 aliphatic rings. The van der Waals surface area contributed by atoms with Crippen LogP contribution in [0.15, 0.2) is 18.2 Å². The fourth-order valence-corrected chi connectivity index (χ4v) is 3.52. The Morgan fingerprint density at radius 2 is 1.65 bits per heavy atom. The van der Waals surface area contributed by atoms with Gasteiger partial charge in [-0.1, -0.05) is 6.07 Å². The summed E-state index contributed by atoms with van der Waals surface area (Å²) < 4.78 is 5.93. The lowest BCUT2D eigenvalue weighted by molar-refractivity contribution is 0.0520. The number of hydrogen-bond donors (Lipinski definition) is 3. The fraction of sp³-hybridized carbons (Fsp3) is 0.529. The van der Waals surface area contributed by atoms with E-state index in [1.165, 1.54) is 18.2 Å². The first-order valence-electron chi connectivity index (χ1n) is 7.56. The van der Waals surface area contributed by atoms with Gasteiger partial charge in [-0.05, 0) is 39.8 Å². The van der Waals surface area contributed by atoms with Gasteiger partial charge in [-0.2, -0.15) is 0 Å². The van der Waals surface area contributed by atoms with Crippen molar-refractivity contribution < 1.29 is 24.5 Å². The van der Waals surface area contributed by atoms with Crippen molar-refractivity contribution in [3.05, 3.63) is 29.3 Å². The third kappa shape index (κ3) is 4.01. The van der Waals surface area contributed by atoms with E-state index in [2.05, 4.69) is 33.0 Å². The molecule has 1 aromatic rings. The van der Waals surface area contributed by atoms with E-state index in [0.717, 1.165) is 0 Å². The van der Waals surface area contributed by atoms with Crippen molar-refractivity contribution in [2.45, 2.75) is 57.7 Å². The van der Waals surface area contributed by atoms with Crippen molar-refractivity contribution in [3.8, 4) is 5.75 Å². The van der Waals surface area contributed by atoms with E-state index in [1.54, 1.807) is 0 Å². The van der Waals surface area contributed by atoms with Gasteiger partial charge in [0.25, 0.3) is 0 Å². The van der Waals surface area contributed by atoms with E-state index in [-0.39, 0.29) is 34.1 Å². The number of aromatic carboxylic acids is 2. The molecule has 0 saturated carbocycles. The second-order valence-electron chi connectivity index (χ2n) is 7.33. The van der Waals surface area contributed by atoms with E-state index >= 15 is 0 Å². The topological polar surface area (TPSA) is 95.9 Å². The maximum atomic E-state index is 11.5. The number of carbonyl (C=O) groups is 2. The van der Waals surface area contributed by atoms with Crippen LogP contribution in [0.5, 0.6) is 5.75 Å². The van der Waals surface area contributed by atoms with E-state index in [4.69, 9.17) is 4.74 Å². The van der Waals surface area contributed by atoms with Gasteiger partial charge in [-0.3, -0.25) is 0 Å². The predicted molar refractivity (Wildman–Crippen MR) is 85.3 cm³/mol. The molecule has 0 atom stereocenters. The van der Waals surface area contributed by atoms with Crippen LogP contribution in [0.1, 0.15) is 61.3 Å². The van der Waals surface area contributed by atoms with Gasteiger partial charge in [0, 0.05) is 23.9 Å². The van der Waals surface area contributed by atoms with Crippen LogP contribution in [0.4, 0.5) is 0 Å². The van der Waals surface area contributed by atoms with E-state index in [9.17, 15) is 19.8 Å². The molecule has 2 rings (SSSR count). The number of hydrogen-bond acceptors (Lipinski definition) is 4. The minimum Gasteiger partial charge on any atom is -0.489 e. The molecule has 1 fully saturated rings. The lowest BCUT2D eigenvalue weighted by Gasteiger charge is -2.46. The van der Waals surface area contributed by atoms with Gasteiger partial charge in [-0.25, -0.2) is 9.59 Å². The summed E-state index contributed by atoms with van der Waals surface area (Å²) in [6.45, 7) is 8.26. The number of carboxylic acids is 2. The molecule has 1 aromatic carbocycles. The van der Waals surface area contributed by atoms with Gasteiger partial charge < -0.3 is 20.3 Å². The molecular formula is C17H23NO5. The maximum Gasteiger partial charge on any atom is 0.340 e. The Labute approximate surface area is 135 Å². The Hall–Kier alpha value is -2.08. The summed E-state index contributed by atoms with van der Waals surface area (Å²) in [6.07, 6.45) is 1.21. The van der Waals surface area contributed by atoms with Crippen LogP contribution in [0, 0.1) is 0 Å². The normalized spacial score (nSPS) is 20.0. The van der Waals surface area contributed by atoms with Crippen molar-refractivity contribution in [1.29, 1.82) is 0 Å². The molecular weight excluding hydrogens is 298 g/mol. The van der Waals surface area contributed by atoms with Crippen molar-refractivity contribution in [2.24, 2.45) is 0 Å². The first-order chi connectivity index (χ1) is 10.5. The molecule has 0 amide bonds. The van der Waals surface area contributed by atoms with Gasteiger partial charge in [0.15, 0.2) is 0 Å². The molecule has 0 radical (unpaired) electrons. The number of benzene rings is 1. The highest BCUT2D eigenvalue weighted by Gasteiger charge is 2.39. The molecule has 23 heavy (non-hydrogen) atoms. The maximum absolute atomic E-state index is 11.5. The molecule has 6 nitrogen and oxygen atoms in total. The Morgan fingerprint density at radius 3 is 2.13 bits per heavy atom. The SMILES string of the molecule is CC1(C)CC(Oc2cccc(C(=O)O)c2C(=O)O)CC(C)(C)N1. The highest BCUT2D eigenvalue weighted by atomic mass is 16.5. The monoisotopic (exact) mass is 321 g/mol. The number of nitrogens with one attached hydrogen (secondary N) is 1. The molecule has 0 unspecified atom stereocenters. The van der Waals surface area contributed by atoms with Crippen molar-refractivity contribution in [1.82, 2.24) is 5.32 Å². The summed E-state index contributed by atoms with van der Waals surface area (Å²) in [6, 6.07) is 4.29. The standard InChI is InChI=1S/C17H23NO5/c1-16(2)8-10(9-17(3,4)18-16)23-12-7-5-6-11(14(19)20)13(12)15(21)22/h5-7,10,18H,8-9H2,1-4H3,(H,19,20)(H,21,22). The van der Waals surface area contributed by atoms with Crippen LogP contribution in [0.2, 0.25) is 0 Å². The Bertz CT molecular complexity index is 620. The summed E-state index contributed by atoms with van der Waals surface area (Å²) in [5, 5.41) is 22.1. The molecule has 3 N–H and O–H groups in total. The Balaban J connectivity index is 2.35. The van der Waals surface area contributed by atoms with E-state index < -0.39 is 11.9 Å². The second-order valence-corrected chi connectivity index (χ2v) is 7.33. The van der Waals surface area contributed by atoms with Crippen molar-refractivity contribution >= 4 is 11.9 Å². The third-order valence-electron chi connectivity index (χ3n) is 3.92. The predicted octanol–water partition coefficient (Wildman–Crippen LogP) is 2.77. The highest BCUT2D eigenvalue weighted by Crippen LogP contribution is 2.33. The zero-order valence-electron chi connectivity index (χ0n) is 13.8. The molecule has 1 aliphatic heterocycles. The van der Waals surface area contributed by atoms with Gasteiger partial charge in [0.1, 0.15) is 17.4 Å². The minimum atomic E-state index is -1.30. The smallest absolute Gasteiger partial charge is 0.340 e. The van der Waals surface area contributed by atoms with Crippen LogP contribution in [0.25, 0.3) is 0 Å². The Morgan fingerprint density at radius 1 is 1.09 bits per heavy atom. The quantitative estimate of drug-likeness (QED) is 0.789. The molecule has 126 valence electrons. The summed E-state index contributed by atoms with van der Waals surface area (Å²) in [4.78, 5) is 22.7. The van der Waals surface area contributed by atoms with E-state index in [0.29, 0.717) is 12.8 Å². The second kappa shape index (κ2) is 5.85. The number of ether oxygens (including phenoxy) is 1. The molecule has 1 saturated heterocycles. The van der Waals surface area contributed by atoms with Crippen LogP contribution in [-0.4, -0.2) is 39.3 Å². The summed E-state index contributed by atoms with van der Waals surface area (Å²) in [7, 11) is 0. The largest absolute Gasteiger partial charge is 0.489 e. The van der Waals surface area contributed by atoms with Crippen molar-refractivity contribution in [2.75, 3.05) is 0 Å². The first kappa shape index (κ1) is 17.3. The number of piperidine rings is 1. The van der Waals surface area contributed by atoms with Gasteiger partial charge in [0.05, 0.1) is 5.56 Å². The average Bonchev–Trinajstić information content (AvgIpc) is 2.33. The first-order valence-corrected chi connectivity index (χ1v) is 7.56. The Kier molecular flexibility index (Phi) is 4.39. The molecule has 0 spiro atoms. The third-order valence-corrected chi connectivity index (χ3v) is 3.92. The molecule has 0 bridgehead atoms. The fourth-order valence-electron chi connectivity index (χ4n) is 3.52. The van der Waals surface area contributed by atoms with Gasteiger partial charge in [0.2, 0.25) is 0 Å². The van der Waals surface area contributed by atoms with Crippen molar-refractivity contribution in [3.63, 3.8) is 0 Å². The number of carboxylic acid groups (broad SMARTS) is 2. The van der Waals surface area contributed by atoms with Gasteiger partial charge in [-0.15, -0.1) is 0 Å². The zero-order valence-corrected chi connectivity index (χ0v) is 13.8. The summed E-state index contributed by atoms with van der Waals surface area (Å²) >= 11 is 0. The van der Waals surface area contributed by atoms with Crippen LogP contribution in [-0.2, 0) is 0 Å². The molecule has 1 heterocycles. The molecule has 0 aromatic heterocycles. The lowest BCUT2D eigenvalue weighted by Crippen LogP contribution is -2.60. The van der Waals surface area contributed by atoms with Crippen LogP contribution in [0.3, 0.4) is 0 Å². The molecule has 6 heteroatoms. The molecule has 0 aliphatic carbocycles. The van der Waals surface area contributed by atoms with Gasteiger partial charge >= 0.3 is 11.9 Å². The average molecular weight is 321 g/mol. The minimum absolute atomic E-state index is 0.107. The lowest BCUT2D eigenvalue weighted by atomic mass is 9.81. The number of rotatable bonds is 4. The zero-order chi connectivity index (χ0) is 17.4. The van der Waals surface area contributed by atoms with Crippen LogP contribution < -0.4 is 10.1 Å². The van der Waals surface area contributed by atoms with E-state index in [1.807, 2.05) is 0 Å². The van der Waals surface area contributed by atoms with Crippen LogP contribution >= 0.6 is 0 Å². The summed E-state index contributed by atoms with van der Waals surface area (Å²) in [5.41, 5.74) is -0.864. The summed E-state index contributed by atoms with van der Waals surface area (Å²) in [5.74, 6) is -2.47. The highest BCUT2D eigenvalue weighted by molar-refractivity contribution is 6.03.